The van der Waals surface area contributed by atoms with Gasteiger partial charge in [0, 0.05) is 12.6 Å². The lowest BCUT2D eigenvalue weighted by molar-refractivity contribution is 0.112. The van der Waals surface area contributed by atoms with Gasteiger partial charge in [0.2, 0.25) is 5.88 Å². The molecule has 0 saturated carbocycles. The zero-order valence-corrected chi connectivity index (χ0v) is 16.2. The lowest BCUT2D eigenvalue weighted by atomic mass is 9.85. The van der Waals surface area contributed by atoms with E-state index in [9.17, 15) is 5.11 Å². The Morgan fingerprint density at radius 1 is 1.00 bits per heavy atom. The first-order chi connectivity index (χ1) is 14.2. The lowest BCUT2D eigenvalue weighted by Gasteiger charge is -2.29. The molecule has 6 nitrogen and oxygen atoms in total. The van der Waals surface area contributed by atoms with E-state index in [0.717, 1.165) is 16.6 Å². The summed E-state index contributed by atoms with van der Waals surface area (Å²) in [6, 6.07) is 20.8. The van der Waals surface area contributed by atoms with Gasteiger partial charge < -0.3 is 19.5 Å². The van der Waals surface area contributed by atoms with Crippen molar-refractivity contribution in [1.82, 2.24) is 14.5 Å². The average Bonchev–Trinajstić information content (AvgIpc) is 3.16. The molecule has 4 rings (SSSR count). The van der Waals surface area contributed by atoms with E-state index in [0.29, 0.717) is 23.8 Å². The van der Waals surface area contributed by atoms with Crippen LogP contribution in [0.3, 0.4) is 0 Å². The van der Waals surface area contributed by atoms with Gasteiger partial charge in [-0.05, 0) is 18.1 Å². The van der Waals surface area contributed by atoms with E-state index >= 15 is 0 Å². The summed E-state index contributed by atoms with van der Waals surface area (Å²) in [7, 11) is 0. The van der Waals surface area contributed by atoms with Gasteiger partial charge in [0.25, 0.3) is 0 Å². The van der Waals surface area contributed by atoms with Crippen LogP contribution in [0.15, 0.2) is 72.9 Å². The topological polar surface area (TPSA) is 80.4 Å². The number of hydrogen-bond donors (Lipinski definition) is 2. The maximum Gasteiger partial charge on any atom is 0.215 e. The third-order valence-corrected chi connectivity index (χ3v) is 4.97. The molecule has 0 radical (unpaired) electrons. The molecule has 0 bridgehead atoms. The molecule has 0 unspecified atom stereocenters. The first-order valence-electron chi connectivity index (χ1n) is 9.62. The molecule has 0 aliphatic carbocycles. The van der Waals surface area contributed by atoms with Crippen molar-refractivity contribution in [3.05, 3.63) is 89.9 Å². The highest BCUT2D eigenvalue weighted by Gasteiger charge is 2.38. The van der Waals surface area contributed by atoms with Gasteiger partial charge in [-0.1, -0.05) is 60.7 Å². The molecule has 0 spiro atoms. The van der Waals surface area contributed by atoms with Gasteiger partial charge in [-0.3, -0.25) is 0 Å². The molecule has 0 fully saturated rings. The fraction of sp³-hybridized carbons (Fsp3) is 0.217. The first kappa shape index (κ1) is 19.1. The fourth-order valence-corrected chi connectivity index (χ4v) is 3.61. The Morgan fingerprint density at radius 3 is 2.17 bits per heavy atom. The Balaban J connectivity index is 1.95. The predicted molar refractivity (Wildman–Crippen MR) is 111 cm³/mol. The molecule has 0 atom stereocenters. The number of aryl methyl sites for hydroxylation is 1. The summed E-state index contributed by atoms with van der Waals surface area (Å²) in [5.41, 5.74) is 1.53. The maximum absolute atomic E-state index is 12.1. The number of hydrogen-bond acceptors (Lipinski definition) is 5. The molecule has 0 aliphatic rings. The van der Waals surface area contributed by atoms with Gasteiger partial charge in [0.05, 0.1) is 23.8 Å². The molecule has 2 N–H and O–H groups in total. The van der Waals surface area contributed by atoms with Crippen LogP contribution in [0.1, 0.15) is 23.9 Å². The normalized spacial score (nSPS) is 11.7. The number of aromatic nitrogens is 3. The van der Waals surface area contributed by atoms with E-state index in [1.54, 1.807) is 12.3 Å². The second-order valence-electron chi connectivity index (χ2n) is 6.71. The number of imidazole rings is 1. The van der Waals surface area contributed by atoms with Gasteiger partial charge in [-0.15, -0.1) is 0 Å². The van der Waals surface area contributed by atoms with Gasteiger partial charge >= 0.3 is 0 Å². The van der Waals surface area contributed by atoms with E-state index in [-0.39, 0.29) is 13.2 Å². The number of fused-ring (bicyclic) bond motifs is 1. The van der Waals surface area contributed by atoms with Crippen LogP contribution in [-0.2, 0) is 12.1 Å². The molecular formula is C23H23N3O3. The van der Waals surface area contributed by atoms with Crippen LogP contribution in [0.2, 0.25) is 0 Å². The van der Waals surface area contributed by atoms with Crippen LogP contribution in [0.25, 0.3) is 11.0 Å². The van der Waals surface area contributed by atoms with Crippen molar-refractivity contribution in [2.75, 3.05) is 13.2 Å². The zero-order chi connectivity index (χ0) is 20.3. The van der Waals surface area contributed by atoms with Crippen LogP contribution in [-0.4, -0.2) is 38.0 Å². The first-order valence-corrected chi connectivity index (χ1v) is 9.62. The molecule has 0 saturated heterocycles. The summed E-state index contributed by atoms with van der Waals surface area (Å²) in [5, 5.41) is 21.1. The summed E-state index contributed by atoms with van der Waals surface area (Å²) in [5.74, 6) is 0.912. The van der Waals surface area contributed by atoms with Crippen LogP contribution in [0, 0.1) is 0 Å². The molecule has 2 heterocycles. The van der Waals surface area contributed by atoms with Gasteiger partial charge in [0.1, 0.15) is 6.61 Å². The third kappa shape index (κ3) is 3.37. The number of aliphatic hydroxyl groups excluding tert-OH is 1. The zero-order valence-electron chi connectivity index (χ0n) is 16.2. The number of rotatable bonds is 7. The summed E-state index contributed by atoms with van der Waals surface area (Å²) in [6.07, 6.45) is 1.69. The second kappa shape index (κ2) is 8.03. The Labute approximate surface area is 169 Å². The Kier molecular flexibility index (Phi) is 5.29. The number of aliphatic hydroxyl groups is 2. The highest BCUT2D eigenvalue weighted by atomic mass is 16.5. The molecular weight excluding hydrogens is 366 g/mol. The number of ether oxygens (including phenoxy) is 1. The SMILES string of the molecule is CCn1c(C(O)(c2ccccc2)c2ccccc2)nc2cc(OCCO)ncc21. The number of pyridine rings is 1. The van der Waals surface area contributed by atoms with Crippen molar-refractivity contribution < 1.29 is 14.9 Å². The molecule has 2 aromatic heterocycles. The van der Waals surface area contributed by atoms with Gasteiger partial charge in [0.15, 0.2) is 11.4 Å². The summed E-state index contributed by atoms with van der Waals surface area (Å²) < 4.78 is 7.40. The summed E-state index contributed by atoms with van der Waals surface area (Å²) in [6.45, 7) is 2.71. The third-order valence-electron chi connectivity index (χ3n) is 4.97. The molecule has 0 aliphatic heterocycles. The van der Waals surface area contributed by atoms with Crippen molar-refractivity contribution in [3.63, 3.8) is 0 Å². The molecule has 29 heavy (non-hydrogen) atoms. The van der Waals surface area contributed by atoms with Crippen LogP contribution >= 0.6 is 0 Å². The lowest BCUT2D eigenvalue weighted by Crippen LogP contribution is -2.32. The van der Waals surface area contributed by atoms with Gasteiger partial charge in [-0.2, -0.15) is 0 Å². The monoisotopic (exact) mass is 389 g/mol. The Hall–Kier alpha value is -3.22. The Morgan fingerprint density at radius 2 is 1.62 bits per heavy atom. The van der Waals surface area contributed by atoms with Crippen molar-refractivity contribution in [2.24, 2.45) is 0 Å². The molecule has 2 aromatic carbocycles. The maximum atomic E-state index is 12.1. The molecule has 6 heteroatoms. The van der Waals surface area contributed by atoms with Crippen LogP contribution < -0.4 is 4.74 Å². The average molecular weight is 389 g/mol. The van der Waals surface area contributed by atoms with E-state index in [2.05, 4.69) is 4.98 Å². The number of benzene rings is 2. The smallest absolute Gasteiger partial charge is 0.215 e. The van der Waals surface area contributed by atoms with Crippen molar-refractivity contribution in [1.29, 1.82) is 0 Å². The Bertz CT molecular complexity index is 1060. The van der Waals surface area contributed by atoms with Crippen molar-refractivity contribution >= 4 is 11.0 Å². The number of nitrogens with zero attached hydrogens (tertiary/aromatic N) is 3. The molecule has 148 valence electrons. The standard InChI is InChI=1S/C23H23N3O3/c1-2-26-20-16-24-21(29-14-13-27)15-19(20)25-22(26)23(28,17-9-5-3-6-10-17)18-11-7-4-8-12-18/h3-12,15-16,27-28H,2,13-14H2,1H3. The van der Waals surface area contributed by atoms with E-state index in [4.69, 9.17) is 14.8 Å². The highest BCUT2D eigenvalue weighted by molar-refractivity contribution is 5.77. The van der Waals surface area contributed by atoms with E-state index in [1.807, 2.05) is 72.2 Å². The largest absolute Gasteiger partial charge is 0.475 e. The minimum absolute atomic E-state index is 0.0872. The summed E-state index contributed by atoms with van der Waals surface area (Å²) >= 11 is 0. The fourth-order valence-electron chi connectivity index (χ4n) is 3.61. The second-order valence-corrected chi connectivity index (χ2v) is 6.71. The highest BCUT2D eigenvalue weighted by Crippen LogP contribution is 2.37. The van der Waals surface area contributed by atoms with E-state index in [1.165, 1.54) is 0 Å². The quantitative estimate of drug-likeness (QED) is 0.508. The van der Waals surface area contributed by atoms with Crippen LogP contribution in [0.5, 0.6) is 5.88 Å². The van der Waals surface area contributed by atoms with Crippen LogP contribution in [0.4, 0.5) is 0 Å². The van der Waals surface area contributed by atoms with Crippen molar-refractivity contribution in [2.45, 2.75) is 19.1 Å². The predicted octanol–water partition coefficient (Wildman–Crippen LogP) is 3.11. The van der Waals surface area contributed by atoms with Crippen molar-refractivity contribution in [3.8, 4) is 5.88 Å². The van der Waals surface area contributed by atoms with E-state index < -0.39 is 5.60 Å². The van der Waals surface area contributed by atoms with Gasteiger partial charge in [-0.25, -0.2) is 9.97 Å². The molecule has 4 aromatic rings. The minimum atomic E-state index is -1.43. The minimum Gasteiger partial charge on any atom is -0.475 e. The molecule has 0 amide bonds. The summed E-state index contributed by atoms with van der Waals surface area (Å²) in [4.78, 5) is 9.13.